The van der Waals surface area contributed by atoms with Crippen molar-refractivity contribution in [3.63, 3.8) is 0 Å². The Hall–Kier alpha value is -4.66. The number of nitrogens with zero attached hydrogens (tertiary/aromatic N) is 3. The maximum absolute atomic E-state index is 14.7. The van der Waals surface area contributed by atoms with E-state index in [-0.39, 0.29) is 37.3 Å². The average Bonchev–Trinajstić information content (AvgIpc) is 3.62. The van der Waals surface area contributed by atoms with E-state index in [0.717, 1.165) is 22.3 Å². The maximum atomic E-state index is 14.7. The lowest BCUT2D eigenvalue weighted by molar-refractivity contribution is -0.155. The molecule has 1 saturated heterocycles. The molecule has 3 aliphatic heterocycles. The summed E-state index contributed by atoms with van der Waals surface area (Å²) in [7, 11) is 0. The SMILES string of the molecule is CC(C)OC(=O)N1c2ccccc2C[C@@H]1C(=O)N1[C@@H](C(=O)N2Cc3ccccc3C[C@@H]2C(=O)O)CC[C@H]1c1ccccc1. The number of likely N-dealkylation sites (tertiary alicyclic amines) is 1. The molecule has 3 amide bonds. The van der Waals surface area contributed by atoms with Crippen LogP contribution in [0.3, 0.4) is 0 Å². The standard InChI is InChI=1S/C34H35N3O6/c1-21(2)43-34(42)37-26-15-9-8-13-24(26)19-29(37)32(39)36-27(22-10-4-3-5-11-22)16-17-28(36)31(38)35-20-25-14-7-6-12-23(25)18-30(35)33(40)41/h3-15,21,27-30H,16-20H2,1-2H3,(H,40,41)/t27-,28+,29+,30+/m0/s1. The molecule has 6 rings (SSSR count). The van der Waals surface area contributed by atoms with E-state index in [1.165, 1.54) is 9.80 Å². The van der Waals surface area contributed by atoms with E-state index in [9.17, 15) is 24.3 Å². The lowest BCUT2D eigenvalue weighted by Crippen LogP contribution is -2.58. The molecule has 0 unspecified atom stereocenters. The van der Waals surface area contributed by atoms with E-state index >= 15 is 0 Å². The van der Waals surface area contributed by atoms with Crippen LogP contribution in [0, 0.1) is 0 Å². The molecule has 0 bridgehead atoms. The minimum Gasteiger partial charge on any atom is -0.480 e. The Morgan fingerprint density at radius 2 is 1.37 bits per heavy atom. The van der Waals surface area contributed by atoms with Gasteiger partial charge in [-0.2, -0.15) is 0 Å². The monoisotopic (exact) mass is 581 g/mol. The number of carboxylic acids is 1. The number of hydrogen-bond donors (Lipinski definition) is 1. The van der Waals surface area contributed by atoms with Gasteiger partial charge in [-0.25, -0.2) is 9.59 Å². The van der Waals surface area contributed by atoms with Crippen molar-refractivity contribution in [2.75, 3.05) is 4.90 Å². The second-order valence-corrected chi connectivity index (χ2v) is 11.7. The Morgan fingerprint density at radius 3 is 2.07 bits per heavy atom. The summed E-state index contributed by atoms with van der Waals surface area (Å²) < 4.78 is 5.56. The summed E-state index contributed by atoms with van der Waals surface area (Å²) in [6.45, 7) is 3.67. The first-order chi connectivity index (χ1) is 20.7. The van der Waals surface area contributed by atoms with Gasteiger partial charge in [0.05, 0.1) is 17.8 Å². The fraction of sp³-hybridized carbons (Fsp3) is 0.353. The number of amides is 3. The highest BCUT2D eigenvalue weighted by Gasteiger charge is 2.50. The lowest BCUT2D eigenvalue weighted by Gasteiger charge is -2.40. The van der Waals surface area contributed by atoms with Crippen molar-refractivity contribution in [3.8, 4) is 0 Å². The number of hydrogen-bond acceptors (Lipinski definition) is 5. The van der Waals surface area contributed by atoms with E-state index in [1.54, 1.807) is 24.8 Å². The topological polar surface area (TPSA) is 107 Å². The molecule has 1 fully saturated rings. The molecule has 222 valence electrons. The molecular formula is C34H35N3O6. The Labute approximate surface area is 250 Å². The average molecular weight is 582 g/mol. The van der Waals surface area contributed by atoms with Crippen LogP contribution in [0.5, 0.6) is 0 Å². The predicted octanol–water partition coefficient (Wildman–Crippen LogP) is 4.73. The molecule has 3 aromatic rings. The smallest absolute Gasteiger partial charge is 0.415 e. The number of para-hydroxylation sites is 1. The van der Waals surface area contributed by atoms with E-state index in [0.29, 0.717) is 18.5 Å². The molecule has 1 N–H and O–H groups in total. The van der Waals surface area contributed by atoms with Gasteiger partial charge in [0.1, 0.15) is 18.1 Å². The van der Waals surface area contributed by atoms with E-state index in [4.69, 9.17) is 4.74 Å². The third kappa shape index (κ3) is 5.24. The summed E-state index contributed by atoms with van der Waals surface area (Å²) in [5.74, 6) is -1.82. The van der Waals surface area contributed by atoms with Gasteiger partial charge in [-0.3, -0.25) is 14.5 Å². The number of anilines is 1. The van der Waals surface area contributed by atoms with Crippen LogP contribution in [0.15, 0.2) is 78.9 Å². The summed E-state index contributed by atoms with van der Waals surface area (Å²) in [4.78, 5) is 59.3. The fourth-order valence-electron chi connectivity index (χ4n) is 6.77. The highest BCUT2D eigenvalue weighted by molar-refractivity contribution is 6.02. The van der Waals surface area contributed by atoms with Crippen molar-refractivity contribution in [1.29, 1.82) is 0 Å². The molecule has 9 heteroatoms. The maximum Gasteiger partial charge on any atom is 0.415 e. The summed E-state index contributed by atoms with van der Waals surface area (Å²) in [6.07, 6.45) is 0.400. The van der Waals surface area contributed by atoms with Gasteiger partial charge in [-0.1, -0.05) is 72.8 Å². The van der Waals surface area contributed by atoms with Crippen molar-refractivity contribution in [2.24, 2.45) is 0 Å². The molecular weight excluding hydrogens is 546 g/mol. The number of benzene rings is 3. The van der Waals surface area contributed by atoms with Crippen LogP contribution in [0.25, 0.3) is 0 Å². The molecule has 9 nitrogen and oxygen atoms in total. The van der Waals surface area contributed by atoms with Crippen molar-refractivity contribution in [2.45, 2.75) is 76.3 Å². The number of ether oxygens (including phenoxy) is 1. The van der Waals surface area contributed by atoms with Gasteiger partial charge in [-0.15, -0.1) is 0 Å². The van der Waals surface area contributed by atoms with Crippen molar-refractivity contribution >= 4 is 29.6 Å². The molecule has 3 heterocycles. The van der Waals surface area contributed by atoms with Crippen molar-refractivity contribution in [3.05, 3.63) is 101 Å². The van der Waals surface area contributed by atoms with Gasteiger partial charge in [0.15, 0.2) is 0 Å². The number of carboxylic acid groups (broad SMARTS) is 1. The highest BCUT2D eigenvalue weighted by atomic mass is 16.6. The minimum absolute atomic E-state index is 0.155. The van der Waals surface area contributed by atoms with Gasteiger partial charge in [0, 0.05) is 19.4 Å². The second-order valence-electron chi connectivity index (χ2n) is 11.7. The van der Waals surface area contributed by atoms with Crippen LogP contribution in [-0.2, 0) is 38.5 Å². The summed E-state index contributed by atoms with van der Waals surface area (Å²) in [5, 5.41) is 10.1. The predicted molar refractivity (Wildman–Crippen MR) is 159 cm³/mol. The normalized spacial score (nSPS) is 22.7. The molecule has 0 radical (unpaired) electrons. The third-order valence-corrected chi connectivity index (χ3v) is 8.72. The van der Waals surface area contributed by atoms with Gasteiger partial charge < -0.3 is 19.6 Å². The Morgan fingerprint density at radius 1 is 0.744 bits per heavy atom. The van der Waals surface area contributed by atoms with E-state index in [1.807, 2.05) is 72.8 Å². The summed E-state index contributed by atoms with van der Waals surface area (Å²) in [6, 6.07) is 21.3. The Balaban J connectivity index is 1.38. The van der Waals surface area contributed by atoms with Crippen LogP contribution in [0.4, 0.5) is 10.5 Å². The van der Waals surface area contributed by atoms with Gasteiger partial charge in [-0.05, 0) is 55.0 Å². The lowest BCUT2D eigenvalue weighted by atomic mass is 9.93. The van der Waals surface area contributed by atoms with Gasteiger partial charge in [0.2, 0.25) is 11.8 Å². The minimum atomic E-state index is -1.08. The molecule has 0 aromatic heterocycles. The largest absolute Gasteiger partial charge is 0.480 e. The van der Waals surface area contributed by atoms with Crippen molar-refractivity contribution < 1.29 is 29.0 Å². The highest BCUT2D eigenvalue weighted by Crippen LogP contribution is 2.41. The van der Waals surface area contributed by atoms with Gasteiger partial charge >= 0.3 is 12.1 Å². The van der Waals surface area contributed by atoms with E-state index < -0.39 is 36.2 Å². The van der Waals surface area contributed by atoms with Crippen LogP contribution in [-0.4, -0.2) is 63.0 Å². The number of carbonyl (C=O) groups is 4. The molecule has 4 atom stereocenters. The first-order valence-corrected chi connectivity index (χ1v) is 14.8. The fourth-order valence-corrected chi connectivity index (χ4v) is 6.77. The molecule has 3 aromatic carbocycles. The Kier molecular flexibility index (Phi) is 7.64. The van der Waals surface area contributed by atoms with Crippen LogP contribution >= 0.6 is 0 Å². The number of fused-ring (bicyclic) bond motifs is 2. The van der Waals surface area contributed by atoms with Crippen LogP contribution in [0.2, 0.25) is 0 Å². The molecule has 0 aliphatic carbocycles. The first kappa shape index (κ1) is 28.5. The molecule has 0 spiro atoms. The van der Waals surface area contributed by atoms with Gasteiger partial charge in [0.25, 0.3) is 0 Å². The quantitative estimate of drug-likeness (QED) is 0.467. The zero-order valence-electron chi connectivity index (χ0n) is 24.3. The first-order valence-electron chi connectivity index (χ1n) is 14.8. The number of aliphatic carboxylic acids is 1. The molecule has 43 heavy (non-hydrogen) atoms. The summed E-state index contributed by atoms with van der Waals surface area (Å²) >= 11 is 0. The third-order valence-electron chi connectivity index (χ3n) is 8.72. The second kappa shape index (κ2) is 11.6. The zero-order valence-corrected chi connectivity index (χ0v) is 24.3. The number of carbonyl (C=O) groups excluding carboxylic acids is 3. The van der Waals surface area contributed by atoms with E-state index in [2.05, 4.69) is 0 Å². The number of rotatable bonds is 5. The molecule has 3 aliphatic rings. The van der Waals surface area contributed by atoms with Crippen molar-refractivity contribution in [1.82, 2.24) is 9.80 Å². The van der Waals surface area contributed by atoms with Crippen LogP contribution < -0.4 is 4.90 Å². The van der Waals surface area contributed by atoms with Crippen LogP contribution in [0.1, 0.15) is 55.0 Å². The summed E-state index contributed by atoms with van der Waals surface area (Å²) in [5.41, 5.74) is 4.15. The zero-order chi connectivity index (χ0) is 30.2. The Bertz CT molecular complexity index is 1560. The molecule has 0 saturated carbocycles.